The van der Waals surface area contributed by atoms with Crippen molar-refractivity contribution in [2.24, 2.45) is 0 Å². The minimum Gasteiger partial charge on any atom is -0.335 e. The molecule has 1 saturated heterocycles. The van der Waals surface area contributed by atoms with Gasteiger partial charge in [0.2, 0.25) is 5.91 Å². The van der Waals surface area contributed by atoms with E-state index in [2.05, 4.69) is 5.32 Å². The molecule has 1 N–H and O–H groups in total. The predicted octanol–water partition coefficient (Wildman–Crippen LogP) is 2.19. The largest absolute Gasteiger partial charge is 0.335 e. The summed E-state index contributed by atoms with van der Waals surface area (Å²) in [5, 5.41) is 3.06. The van der Waals surface area contributed by atoms with Crippen LogP contribution in [0.2, 0.25) is 0 Å². The van der Waals surface area contributed by atoms with Gasteiger partial charge in [-0.1, -0.05) is 19.3 Å². The van der Waals surface area contributed by atoms with Crippen molar-refractivity contribution in [3.05, 3.63) is 29.8 Å². The van der Waals surface area contributed by atoms with Crippen LogP contribution in [-0.2, 0) is 4.79 Å². The van der Waals surface area contributed by atoms with Crippen molar-refractivity contribution in [1.82, 2.24) is 10.2 Å². The Kier molecular flexibility index (Phi) is 5.13. The van der Waals surface area contributed by atoms with Crippen molar-refractivity contribution in [3.63, 3.8) is 0 Å². The van der Waals surface area contributed by atoms with Crippen LogP contribution < -0.4 is 10.2 Å². The van der Waals surface area contributed by atoms with Gasteiger partial charge in [0.15, 0.2) is 0 Å². The second-order valence-electron chi connectivity index (χ2n) is 6.46. The molecule has 1 heterocycles. The fourth-order valence-electron chi connectivity index (χ4n) is 3.37. The van der Waals surface area contributed by atoms with E-state index in [0.29, 0.717) is 18.7 Å². The number of rotatable bonds is 3. The highest BCUT2D eigenvalue weighted by atomic mass is 16.2. The molecule has 6 nitrogen and oxygen atoms in total. The van der Waals surface area contributed by atoms with E-state index in [-0.39, 0.29) is 24.5 Å². The molecule has 1 aromatic carbocycles. The summed E-state index contributed by atoms with van der Waals surface area (Å²) in [5.74, 6) is -0.0982. The van der Waals surface area contributed by atoms with Crippen molar-refractivity contribution in [2.45, 2.75) is 38.1 Å². The van der Waals surface area contributed by atoms with Gasteiger partial charge in [-0.3, -0.25) is 9.59 Å². The number of carbonyl (C=O) groups is 3. The van der Waals surface area contributed by atoms with E-state index in [1.807, 2.05) is 0 Å². The molecule has 0 radical (unpaired) electrons. The average Bonchev–Trinajstić information content (AvgIpc) is 2.62. The first-order chi connectivity index (χ1) is 11.7. The highest BCUT2D eigenvalue weighted by molar-refractivity contribution is 5.98. The van der Waals surface area contributed by atoms with Crippen molar-refractivity contribution < 1.29 is 14.4 Å². The topological polar surface area (TPSA) is 69.7 Å². The molecule has 1 aliphatic heterocycles. The minimum absolute atomic E-state index is 0.0913. The molecule has 1 aliphatic carbocycles. The van der Waals surface area contributed by atoms with Crippen molar-refractivity contribution in [1.29, 1.82) is 0 Å². The first-order valence-corrected chi connectivity index (χ1v) is 8.58. The molecule has 2 fully saturated rings. The van der Waals surface area contributed by atoms with E-state index in [9.17, 15) is 14.4 Å². The molecule has 0 atom stereocenters. The molecule has 24 heavy (non-hydrogen) atoms. The van der Waals surface area contributed by atoms with Gasteiger partial charge in [0, 0.05) is 30.4 Å². The number of hydrogen-bond acceptors (Lipinski definition) is 3. The third-order valence-corrected chi connectivity index (χ3v) is 4.78. The summed E-state index contributed by atoms with van der Waals surface area (Å²) in [5.41, 5.74) is 1.34. The number of piperazine rings is 1. The molecule has 1 saturated carbocycles. The van der Waals surface area contributed by atoms with Gasteiger partial charge < -0.3 is 15.1 Å². The molecule has 3 rings (SSSR count). The maximum atomic E-state index is 12.4. The Morgan fingerprint density at radius 2 is 1.79 bits per heavy atom. The smallest absolute Gasteiger partial charge is 0.318 e. The third kappa shape index (κ3) is 3.75. The lowest BCUT2D eigenvalue weighted by Gasteiger charge is -2.35. The molecule has 1 aromatic rings. The Morgan fingerprint density at radius 3 is 2.42 bits per heavy atom. The average molecular weight is 329 g/mol. The molecule has 128 valence electrons. The number of carbonyl (C=O) groups excluding carboxylic acids is 3. The molecule has 6 heteroatoms. The van der Waals surface area contributed by atoms with Crippen LogP contribution in [0.5, 0.6) is 0 Å². The number of hydrogen-bond donors (Lipinski definition) is 1. The van der Waals surface area contributed by atoms with Gasteiger partial charge in [-0.25, -0.2) is 4.79 Å². The highest BCUT2D eigenvalue weighted by Crippen LogP contribution is 2.20. The molecule has 0 spiro atoms. The zero-order valence-electron chi connectivity index (χ0n) is 13.7. The molecular weight excluding hydrogens is 306 g/mol. The van der Waals surface area contributed by atoms with E-state index in [4.69, 9.17) is 0 Å². The number of benzene rings is 1. The van der Waals surface area contributed by atoms with Crippen molar-refractivity contribution in [2.75, 3.05) is 24.5 Å². The van der Waals surface area contributed by atoms with E-state index in [1.165, 1.54) is 6.42 Å². The van der Waals surface area contributed by atoms with Crippen LogP contribution in [0.25, 0.3) is 0 Å². The Balaban J connectivity index is 1.56. The number of aldehydes is 1. The summed E-state index contributed by atoms with van der Waals surface area (Å²) in [6, 6.07) is 7.02. The Hall–Kier alpha value is -2.37. The number of nitrogens with zero attached hydrogens (tertiary/aromatic N) is 2. The van der Waals surface area contributed by atoms with Crippen LogP contribution in [0, 0.1) is 0 Å². The second kappa shape index (κ2) is 7.47. The van der Waals surface area contributed by atoms with Gasteiger partial charge in [0.1, 0.15) is 12.8 Å². The van der Waals surface area contributed by atoms with Crippen molar-refractivity contribution in [3.8, 4) is 0 Å². The number of anilines is 1. The summed E-state index contributed by atoms with van der Waals surface area (Å²) in [6.07, 6.45) is 6.40. The number of nitrogens with one attached hydrogen (secondary N) is 1. The number of amides is 3. The van der Waals surface area contributed by atoms with Crippen LogP contribution in [0.4, 0.5) is 10.5 Å². The molecule has 0 unspecified atom stereocenters. The molecule has 2 aliphatic rings. The second-order valence-corrected chi connectivity index (χ2v) is 6.46. The lowest BCUT2D eigenvalue weighted by atomic mass is 9.96. The molecule has 0 bridgehead atoms. The fourth-order valence-corrected chi connectivity index (χ4v) is 3.37. The summed E-state index contributed by atoms with van der Waals surface area (Å²) in [6.45, 7) is 1.07. The lowest BCUT2D eigenvalue weighted by Crippen LogP contribution is -2.56. The zero-order chi connectivity index (χ0) is 16.9. The van der Waals surface area contributed by atoms with E-state index >= 15 is 0 Å². The van der Waals surface area contributed by atoms with Crippen LogP contribution in [-0.4, -0.2) is 48.8 Å². The quantitative estimate of drug-likeness (QED) is 0.864. The normalized spacial score (nSPS) is 19.2. The van der Waals surface area contributed by atoms with Gasteiger partial charge in [-0.15, -0.1) is 0 Å². The van der Waals surface area contributed by atoms with Crippen LogP contribution in [0.3, 0.4) is 0 Å². The van der Waals surface area contributed by atoms with E-state index in [0.717, 1.165) is 37.7 Å². The summed E-state index contributed by atoms with van der Waals surface area (Å²) in [7, 11) is 0. The number of urea groups is 1. The SMILES string of the molecule is O=Cc1ccc(N2CCN(C(=O)NC3CCCCC3)CC2=O)cc1. The zero-order valence-corrected chi connectivity index (χ0v) is 13.7. The highest BCUT2D eigenvalue weighted by Gasteiger charge is 2.29. The van der Waals surface area contributed by atoms with Crippen molar-refractivity contribution >= 4 is 23.9 Å². The monoisotopic (exact) mass is 329 g/mol. The first-order valence-electron chi connectivity index (χ1n) is 8.58. The summed E-state index contributed by atoms with van der Waals surface area (Å²) in [4.78, 5) is 38.7. The third-order valence-electron chi connectivity index (χ3n) is 4.78. The van der Waals surface area contributed by atoms with Gasteiger partial charge in [-0.05, 0) is 37.1 Å². The first kappa shape index (κ1) is 16.5. The van der Waals surface area contributed by atoms with Gasteiger partial charge in [-0.2, -0.15) is 0 Å². The summed E-state index contributed by atoms with van der Waals surface area (Å²) >= 11 is 0. The molecule has 0 aromatic heterocycles. The molecule has 3 amide bonds. The Labute approximate surface area is 141 Å². The van der Waals surface area contributed by atoms with E-state index in [1.54, 1.807) is 34.1 Å². The lowest BCUT2D eigenvalue weighted by molar-refractivity contribution is -0.120. The maximum absolute atomic E-state index is 12.4. The minimum atomic E-state index is -0.133. The predicted molar refractivity (Wildman–Crippen MR) is 91.2 cm³/mol. The Morgan fingerprint density at radius 1 is 1.08 bits per heavy atom. The van der Waals surface area contributed by atoms with Crippen LogP contribution >= 0.6 is 0 Å². The van der Waals surface area contributed by atoms with Gasteiger partial charge >= 0.3 is 6.03 Å². The van der Waals surface area contributed by atoms with Gasteiger partial charge in [0.05, 0.1) is 0 Å². The Bertz CT molecular complexity index is 608. The van der Waals surface area contributed by atoms with Crippen LogP contribution in [0.1, 0.15) is 42.5 Å². The van der Waals surface area contributed by atoms with E-state index < -0.39 is 0 Å². The fraction of sp³-hybridized carbons (Fsp3) is 0.500. The van der Waals surface area contributed by atoms with Gasteiger partial charge in [0.25, 0.3) is 0 Å². The summed E-state index contributed by atoms with van der Waals surface area (Å²) < 4.78 is 0. The molecular formula is C18H23N3O3. The maximum Gasteiger partial charge on any atom is 0.318 e. The van der Waals surface area contributed by atoms with Crippen LogP contribution in [0.15, 0.2) is 24.3 Å². The standard InChI is InChI=1S/C18H23N3O3/c22-13-14-6-8-16(9-7-14)21-11-10-20(12-17(21)23)18(24)19-15-4-2-1-3-5-15/h6-9,13,15H,1-5,10-12H2,(H,19,24).